The van der Waals surface area contributed by atoms with Crippen LogP contribution >= 0.6 is 15.9 Å². The summed E-state index contributed by atoms with van der Waals surface area (Å²) in [6.45, 7) is 8.12. The van der Waals surface area contributed by atoms with Gasteiger partial charge in [0.2, 0.25) is 0 Å². The highest BCUT2D eigenvalue weighted by Crippen LogP contribution is 2.41. The minimum absolute atomic E-state index is 0.182. The number of benzene rings is 1. The Bertz CT molecular complexity index is 445. The van der Waals surface area contributed by atoms with Crippen LogP contribution in [0.4, 0.5) is 0 Å². The molecular weight excluding hydrogens is 302 g/mol. The van der Waals surface area contributed by atoms with E-state index in [0.717, 1.165) is 18.7 Å². The summed E-state index contributed by atoms with van der Waals surface area (Å²) >= 11 is 3.67. The zero-order chi connectivity index (χ0) is 14.1. The van der Waals surface area contributed by atoms with E-state index in [2.05, 4.69) is 54.2 Å². The molecule has 1 saturated heterocycles. The molecule has 0 radical (unpaired) electrons. The van der Waals surface area contributed by atoms with Crippen molar-refractivity contribution in [1.29, 1.82) is 0 Å². The Hall–Kier alpha value is -0.540. The van der Waals surface area contributed by atoms with Crippen LogP contribution in [0.3, 0.4) is 0 Å². The van der Waals surface area contributed by atoms with Gasteiger partial charge in [0.25, 0.3) is 0 Å². The van der Waals surface area contributed by atoms with E-state index >= 15 is 0 Å². The topological polar surface area (TPSA) is 21.3 Å². The first-order valence-corrected chi connectivity index (χ1v) is 7.75. The van der Waals surface area contributed by atoms with Crippen LogP contribution in [0.5, 0.6) is 5.75 Å². The van der Waals surface area contributed by atoms with Gasteiger partial charge in [-0.3, -0.25) is 0 Å². The van der Waals surface area contributed by atoms with Crippen molar-refractivity contribution in [3.63, 3.8) is 0 Å². The minimum Gasteiger partial charge on any atom is -0.497 e. The summed E-state index contributed by atoms with van der Waals surface area (Å²) in [5, 5.41) is 3.76. The van der Waals surface area contributed by atoms with Gasteiger partial charge in [-0.05, 0) is 55.0 Å². The van der Waals surface area contributed by atoms with Crippen molar-refractivity contribution >= 4 is 15.9 Å². The van der Waals surface area contributed by atoms with Crippen LogP contribution in [0.2, 0.25) is 0 Å². The van der Waals surface area contributed by atoms with E-state index in [9.17, 15) is 0 Å². The SMILES string of the molecule is COc1ccc(Br)c(CC2(C(C)(C)C)CCCN2)c1. The molecule has 0 bridgehead atoms. The summed E-state index contributed by atoms with van der Waals surface area (Å²) in [7, 11) is 1.72. The molecule has 19 heavy (non-hydrogen) atoms. The molecular formula is C16H24BrNO. The van der Waals surface area contributed by atoms with Gasteiger partial charge in [-0.2, -0.15) is 0 Å². The molecule has 3 heteroatoms. The lowest BCUT2D eigenvalue weighted by molar-refractivity contribution is 0.159. The van der Waals surface area contributed by atoms with E-state index in [1.807, 2.05) is 6.07 Å². The monoisotopic (exact) mass is 325 g/mol. The molecule has 1 aliphatic heterocycles. The number of halogens is 1. The normalized spacial score (nSPS) is 23.6. The zero-order valence-corrected chi connectivity index (χ0v) is 13.9. The first-order chi connectivity index (χ1) is 8.88. The number of rotatable bonds is 3. The van der Waals surface area contributed by atoms with Gasteiger partial charge in [-0.15, -0.1) is 0 Å². The molecule has 1 N–H and O–H groups in total. The van der Waals surface area contributed by atoms with Gasteiger partial charge in [-0.1, -0.05) is 36.7 Å². The van der Waals surface area contributed by atoms with Gasteiger partial charge in [0.15, 0.2) is 0 Å². The second kappa shape index (κ2) is 5.45. The van der Waals surface area contributed by atoms with Gasteiger partial charge in [0.05, 0.1) is 7.11 Å². The van der Waals surface area contributed by atoms with Crippen LogP contribution in [0, 0.1) is 5.41 Å². The van der Waals surface area contributed by atoms with Crippen molar-refractivity contribution in [3.8, 4) is 5.75 Å². The second-order valence-corrected chi connectivity index (χ2v) is 7.35. The number of hydrogen-bond donors (Lipinski definition) is 1. The third-order valence-corrected chi connectivity index (χ3v) is 5.20. The van der Waals surface area contributed by atoms with Crippen LogP contribution in [0.15, 0.2) is 22.7 Å². The molecule has 1 atom stereocenters. The Morgan fingerprint density at radius 1 is 1.37 bits per heavy atom. The van der Waals surface area contributed by atoms with Crippen LogP contribution in [-0.4, -0.2) is 19.2 Å². The summed E-state index contributed by atoms with van der Waals surface area (Å²) in [5.74, 6) is 0.931. The first-order valence-electron chi connectivity index (χ1n) is 6.95. The maximum atomic E-state index is 5.35. The maximum absolute atomic E-state index is 5.35. The van der Waals surface area contributed by atoms with E-state index in [-0.39, 0.29) is 11.0 Å². The molecule has 1 heterocycles. The summed E-state index contributed by atoms with van der Waals surface area (Å²) in [5.41, 5.74) is 1.75. The average molecular weight is 326 g/mol. The molecule has 106 valence electrons. The lowest BCUT2D eigenvalue weighted by atomic mass is 9.69. The van der Waals surface area contributed by atoms with E-state index in [4.69, 9.17) is 4.74 Å². The van der Waals surface area contributed by atoms with Gasteiger partial charge in [-0.25, -0.2) is 0 Å². The Morgan fingerprint density at radius 3 is 2.63 bits per heavy atom. The van der Waals surface area contributed by atoms with Crippen LogP contribution in [0.25, 0.3) is 0 Å². The fourth-order valence-corrected chi connectivity index (χ4v) is 3.39. The summed E-state index contributed by atoms with van der Waals surface area (Å²) < 4.78 is 6.52. The van der Waals surface area contributed by atoms with Crippen molar-refractivity contribution < 1.29 is 4.74 Å². The van der Waals surface area contributed by atoms with Crippen molar-refractivity contribution in [3.05, 3.63) is 28.2 Å². The predicted molar refractivity (Wildman–Crippen MR) is 83.8 cm³/mol. The average Bonchev–Trinajstić information content (AvgIpc) is 2.81. The Morgan fingerprint density at radius 2 is 2.11 bits per heavy atom. The van der Waals surface area contributed by atoms with E-state index in [0.29, 0.717) is 0 Å². The molecule has 1 fully saturated rings. The number of nitrogens with one attached hydrogen (secondary N) is 1. The third kappa shape index (κ3) is 2.97. The van der Waals surface area contributed by atoms with Gasteiger partial charge < -0.3 is 10.1 Å². The molecule has 1 aromatic rings. The molecule has 0 amide bonds. The quantitative estimate of drug-likeness (QED) is 0.900. The van der Waals surface area contributed by atoms with E-state index in [1.54, 1.807) is 7.11 Å². The number of ether oxygens (including phenoxy) is 1. The van der Waals surface area contributed by atoms with E-state index in [1.165, 1.54) is 22.9 Å². The predicted octanol–water partition coefficient (Wildman–Crippen LogP) is 4.17. The summed E-state index contributed by atoms with van der Waals surface area (Å²) in [6, 6.07) is 6.23. The molecule has 2 nitrogen and oxygen atoms in total. The summed E-state index contributed by atoms with van der Waals surface area (Å²) in [4.78, 5) is 0. The smallest absolute Gasteiger partial charge is 0.119 e. The highest BCUT2D eigenvalue weighted by atomic mass is 79.9. The molecule has 1 aromatic carbocycles. The first kappa shape index (κ1) is 14.9. The van der Waals surface area contributed by atoms with Crippen molar-refractivity contribution in [2.75, 3.05) is 13.7 Å². The third-order valence-electron chi connectivity index (χ3n) is 4.42. The highest BCUT2D eigenvalue weighted by Gasteiger charge is 2.43. The standard InChI is InChI=1S/C16H24BrNO/c1-15(2,3)16(8-5-9-18-16)11-12-10-13(19-4)6-7-14(12)17/h6-7,10,18H,5,8-9,11H2,1-4H3. The van der Waals surface area contributed by atoms with E-state index < -0.39 is 0 Å². The lowest BCUT2D eigenvalue weighted by Crippen LogP contribution is -2.52. The molecule has 1 aliphatic rings. The fraction of sp³-hybridized carbons (Fsp3) is 0.625. The molecule has 0 spiro atoms. The number of methoxy groups -OCH3 is 1. The second-order valence-electron chi connectivity index (χ2n) is 6.50. The maximum Gasteiger partial charge on any atom is 0.119 e. The molecule has 0 saturated carbocycles. The van der Waals surface area contributed by atoms with Gasteiger partial charge >= 0.3 is 0 Å². The lowest BCUT2D eigenvalue weighted by Gasteiger charge is -2.43. The Kier molecular flexibility index (Phi) is 4.26. The Labute approximate surface area is 125 Å². The van der Waals surface area contributed by atoms with Crippen LogP contribution < -0.4 is 10.1 Å². The molecule has 0 aliphatic carbocycles. The zero-order valence-electron chi connectivity index (χ0n) is 12.3. The molecule has 2 rings (SSSR count). The number of hydrogen-bond acceptors (Lipinski definition) is 2. The van der Waals surface area contributed by atoms with Gasteiger partial charge in [0, 0.05) is 10.0 Å². The minimum atomic E-state index is 0.182. The Balaban J connectivity index is 2.32. The van der Waals surface area contributed by atoms with Crippen molar-refractivity contribution in [1.82, 2.24) is 5.32 Å². The van der Waals surface area contributed by atoms with Crippen LogP contribution in [-0.2, 0) is 6.42 Å². The largest absolute Gasteiger partial charge is 0.497 e. The fourth-order valence-electron chi connectivity index (χ4n) is 3.00. The summed E-state index contributed by atoms with van der Waals surface area (Å²) in [6.07, 6.45) is 3.54. The van der Waals surface area contributed by atoms with Crippen LogP contribution in [0.1, 0.15) is 39.2 Å². The van der Waals surface area contributed by atoms with Crippen molar-refractivity contribution in [2.24, 2.45) is 5.41 Å². The molecule has 1 unspecified atom stereocenters. The molecule has 0 aromatic heterocycles. The van der Waals surface area contributed by atoms with Gasteiger partial charge in [0.1, 0.15) is 5.75 Å². The van der Waals surface area contributed by atoms with Crippen molar-refractivity contribution in [2.45, 2.75) is 45.6 Å². The highest BCUT2D eigenvalue weighted by molar-refractivity contribution is 9.10.